The fourth-order valence-corrected chi connectivity index (χ4v) is 5.81. The van der Waals surface area contributed by atoms with Crippen molar-refractivity contribution in [3.63, 3.8) is 0 Å². The highest BCUT2D eigenvalue weighted by Crippen LogP contribution is 2.48. The number of aromatic nitrogens is 1. The van der Waals surface area contributed by atoms with E-state index < -0.39 is 16.8 Å². The molecular weight excluding hydrogens is 456 g/mol. The van der Waals surface area contributed by atoms with E-state index >= 15 is 0 Å². The highest BCUT2D eigenvalue weighted by atomic mass is 32.2. The second-order valence-electron chi connectivity index (χ2n) is 8.12. The number of carboxylic acid groups (broad SMARTS) is 1. The molecule has 0 aliphatic rings. The number of rotatable bonds is 9. The van der Waals surface area contributed by atoms with E-state index in [0.717, 1.165) is 16.7 Å². The Kier molecular flexibility index (Phi) is 6.55. The third-order valence-electron chi connectivity index (χ3n) is 5.91. The van der Waals surface area contributed by atoms with Crippen LogP contribution in [0.4, 0.5) is 5.88 Å². The van der Waals surface area contributed by atoms with Gasteiger partial charge in [-0.05, 0) is 28.8 Å². The molecule has 1 unspecified atom stereocenters. The van der Waals surface area contributed by atoms with Crippen molar-refractivity contribution in [2.45, 2.75) is 10.8 Å². The molecule has 0 saturated carbocycles. The van der Waals surface area contributed by atoms with Gasteiger partial charge in [0.05, 0.1) is 4.75 Å². The van der Waals surface area contributed by atoms with Gasteiger partial charge in [0.15, 0.2) is 11.5 Å². The van der Waals surface area contributed by atoms with E-state index in [0.29, 0.717) is 22.7 Å². The Morgan fingerprint density at radius 3 is 1.89 bits per heavy atom. The number of nitrogens with zero attached hydrogens (tertiary/aromatic N) is 1. The first kappa shape index (κ1) is 22.7. The maximum atomic E-state index is 12.3. The first-order valence-corrected chi connectivity index (χ1v) is 12.3. The van der Waals surface area contributed by atoms with E-state index in [9.17, 15) is 9.90 Å². The molecule has 5 nitrogen and oxygen atoms in total. The van der Waals surface area contributed by atoms with Crippen molar-refractivity contribution in [3.8, 4) is 0 Å². The summed E-state index contributed by atoms with van der Waals surface area (Å²) in [5.74, 6) is -0.274. The normalized spacial score (nSPS) is 12.3. The topological polar surface area (TPSA) is 75.4 Å². The first-order chi connectivity index (χ1) is 17.2. The predicted molar refractivity (Wildman–Crippen MR) is 141 cm³/mol. The Hall–Kier alpha value is -4.03. The van der Waals surface area contributed by atoms with Gasteiger partial charge in [0.1, 0.15) is 11.6 Å². The highest BCUT2D eigenvalue weighted by molar-refractivity contribution is 8.00. The lowest BCUT2D eigenvalue weighted by molar-refractivity contribution is -0.137. The van der Waals surface area contributed by atoms with Crippen molar-refractivity contribution in [1.29, 1.82) is 0 Å². The van der Waals surface area contributed by atoms with Crippen molar-refractivity contribution in [2.75, 3.05) is 11.1 Å². The number of hydrogen-bond donors (Lipinski definition) is 2. The van der Waals surface area contributed by atoms with E-state index in [1.165, 1.54) is 0 Å². The van der Waals surface area contributed by atoms with Gasteiger partial charge in [-0.2, -0.15) is 0 Å². The number of nitrogens with one attached hydrogen (secondary N) is 1. The Bertz CT molecular complexity index is 1280. The molecule has 2 aromatic heterocycles. The van der Waals surface area contributed by atoms with Crippen LogP contribution in [0.2, 0.25) is 0 Å². The lowest BCUT2D eigenvalue weighted by atomic mass is 9.84. The zero-order valence-corrected chi connectivity index (χ0v) is 19.7. The van der Waals surface area contributed by atoms with Gasteiger partial charge in [0, 0.05) is 18.0 Å². The molecule has 0 spiro atoms. The second kappa shape index (κ2) is 10.1. The van der Waals surface area contributed by atoms with Crippen LogP contribution in [0, 0.1) is 0 Å². The number of fused-ring (bicyclic) bond motifs is 1. The zero-order chi connectivity index (χ0) is 24.1. The zero-order valence-electron chi connectivity index (χ0n) is 18.9. The van der Waals surface area contributed by atoms with Crippen molar-refractivity contribution in [3.05, 3.63) is 132 Å². The number of hydrogen-bond acceptors (Lipinski definition) is 5. The standard InChI is InChI=1S/C29H24N2O3S/c32-28(33)25(31-27-19-24-26(34-27)17-10-18-30-24)20-35-29(21-11-4-1-5-12-21,22-13-6-2-7-14-22)23-15-8-3-9-16-23/h1-19,25,31H,20H2,(H,32,33). The summed E-state index contributed by atoms with van der Waals surface area (Å²) in [6.07, 6.45) is 1.68. The highest BCUT2D eigenvalue weighted by Gasteiger charge is 2.38. The number of thioether (sulfide) groups is 1. The van der Waals surface area contributed by atoms with Crippen LogP contribution in [0.25, 0.3) is 11.1 Å². The Morgan fingerprint density at radius 1 is 0.857 bits per heavy atom. The summed E-state index contributed by atoms with van der Waals surface area (Å²) >= 11 is 1.59. The van der Waals surface area contributed by atoms with Crippen molar-refractivity contribution >= 4 is 34.7 Å². The van der Waals surface area contributed by atoms with Gasteiger partial charge < -0.3 is 14.8 Å². The molecule has 174 valence electrons. The third-order valence-corrected chi connectivity index (χ3v) is 7.55. The van der Waals surface area contributed by atoms with Gasteiger partial charge in [-0.15, -0.1) is 11.8 Å². The van der Waals surface area contributed by atoms with Crippen LogP contribution in [0.3, 0.4) is 0 Å². The van der Waals surface area contributed by atoms with Crippen molar-refractivity contribution in [1.82, 2.24) is 4.98 Å². The maximum Gasteiger partial charge on any atom is 0.327 e. The number of carboxylic acids is 1. The number of anilines is 1. The van der Waals surface area contributed by atoms with Crippen molar-refractivity contribution < 1.29 is 14.3 Å². The summed E-state index contributed by atoms with van der Waals surface area (Å²) in [4.78, 5) is 16.6. The number of benzene rings is 3. The van der Waals surface area contributed by atoms with Crippen LogP contribution in [-0.4, -0.2) is 27.9 Å². The third kappa shape index (κ3) is 4.66. The van der Waals surface area contributed by atoms with E-state index in [1.54, 1.807) is 30.1 Å². The quantitative estimate of drug-likeness (QED) is 0.237. The summed E-state index contributed by atoms with van der Waals surface area (Å²) < 4.78 is 5.19. The van der Waals surface area contributed by atoms with E-state index in [4.69, 9.17) is 4.42 Å². The van der Waals surface area contributed by atoms with E-state index in [1.807, 2.05) is 60.7 Å². The lowest BCUT2D eigenvalue weighted by Gasteiger charge is -2.36. The summed E-state index contributed by atoms with van der Waals surface area (Å²) in [7, 11) is 0. The molecule has 2 N–H and O–H groups in total. The second-order valence-corrected chi connectivity index (χ2v) is 9.36. The fraction of sp³-hybridized carbons (Fsp3) is 0.103. The lowest BCUT2D eigenvalue weighted by Crippen LogP contribution is -2.35. The van der Waals surface area contributed by atoms with Gasteiger partial charge in [0.2, 0.25) is 0 Å². The number of aliphatic carboxylic acids is 1. The smallest absolute Gasteiger partial charge is 0.327 e. The summed E-state index contributed by atoms with van der Waals surface area (Å²) in [6.45, 7) is 0. The molecule has 0 bridgehead atoms. The maximum absolute atomic E-state index is 12.3. The molecule has 2 heterocycles. The minimum absolute atomic E-state index is 0.290. The molecule has 0 saturated heterocycles. The number of pyridine rings is 1. The minimum atomic E-state index is -0.950. The van der Waals surface area contributed by atoms with Gasteiger partial charge in [-0.3, -0.25) is 4.98 Å². The van der Waals surface area contributed by atoms with Gasteiger partial charge in [-0.25, -0.2) is 4.79 Å². The molecule has 5 aromatic rings. The molecule has 0 fully saturated rings. The van der Waals surface area contributed by atoms with Gasteiger partial charge in [-0.1, -0.05) is 91.0 Å². The SMILES string of the molecule is O=C(O)C(CSC(c1ccccc1)(c1ccccc1)c1ccccc1)Nc1cc2ncccc2o1. The molecule has 5 rings (SSSR count). The van der Waals surface area contributed by atoms with Crippen LogP contribution >= 0.6 is 11.8 Å². The first-order valence-electron chi connectivity index (χ1n) is 11.3. The molecule has 0 aliphatic carbocycles. The number of furan rings is 1. The molecule has 35 heavy (non-hydrogen) atoms. The van der Waals surface area contributed by atoms with Crippen LogP contribution in [0.15, 0.2) is 120 Å². The molecule has 0 aliphatic heterocycles. The van der Waals surface area contributed by atoms with E-state index in [2.05, 4.69) is 46.7 Å². The molecule has 6 heteroatoms. The minimum Gasteiger partial charge on any atom is -0.480 e. The van der Waals surface area contributed by atoms with Crippen LogP contribution < -0.4 is 5.32 Å². The molecular formula is C29H24N2O3S. The largest absolute Gasteiger partial charge is 0.480 e. The van der Waals surface area contributed by atoms with Crippen LogP contribution in [-0.2, 0) is 9.54 Å². The summed E-state index contributed by atoms with van der Waals surface area (Å²) in [6, 6.07) is 35.1. The Labute approximate surface area is 207 Å². The average Bonchev–Trinajstić information content (AvgIpc) is 3.33. The molecule has 0 amide bonds. The average molecular weight is 481 g/mol. The predicted octanol–water partition coefficient (Wildman–Crippen LogP) is 6.42. The van der Waals surface area contributed by atoms with Crippen LogP contribution in [0.5, 0.6) is 0 Å². The fourth-order valence-electron chi connectivity index (χ4n) is 4.26. The Morgan fingerprint density at radius 2 is 1.40 bits per heavy atom. The molecule has 1 atom stereocenters. The van der Waals surface area contributed by atoms with Gasteiger partial charge in [0.25, 0.3) is 0 Å². The van der Waals surface area contributed by atoms with Crippen LogP contribution in [0.1, 0.15) is 16.7 Å². The van der Waals surface area contributed by atoms with Crippen molar-refractivity contribution in [2.24, 2.45) is 0 Å². The summed E-state index contributed by atoms with van der Waals surface area (Å²) in [5, 5.41) is 13.2. The monoisotopic (exact) mass is 480 g/mol. The Balaban J connectivity index is 1.54. The molecule has 0 radical (unpaired) electrons. The summed E-state index contributed by atoms with van der Waals surface area (Å²) in [5.41, 5.74) is 4.54. The van der Waals surface area contributed by atoms with Gasteiger partial charge >= 0.3 is 5.97 Å². The van der Waals surface area contributed by atoms with E-state index in [-0.39, 0.29) is 0 Å². The molecule has 3 aromatic carbocycles. The number of carbonyl (C=O) groups is 1.